The Morgan fingerprint density at radius 1 is 1.12 bits per heavy atom. The number of phenolic OH excluding ortho intramolecular Hbond substituents is 1. The topological polar surface area (TPSA) is 171 Å². The fraction of sp³-hybridized carbons (Fsp3) is 0.267. The third-order valence-electron chi connectivity index (χ3n) is 3.58. The Kier molecular flexibility index (Phi) is 5.36. The van der Waals surface area contributed by atoms with Crippen LogP contribution in [0, 0.1) is 5.92 Å². The second-order valence-corrected chi connectivity index (χ2v) is 6.88. The van der Waals surface area contributed by atoms with Gasteiger partial charge in [0.25, 0.3) is 0 Å². The van der Waals surface area contributed by atoms with Gasteiger partial charge in [0.1, 0.15) is 23.2 Å². The van der Waals surface area contributed by atoms with Gasteiger partial charge in [-0.2, -0.15) is 4.76 Å². The summed E-state index contributed by atoms with van der Waals surface area (Å²) in [5, 5.41) is 49.5. The quantitative estimate of drug-likeness (QED) is 0.297. The summed E-state index contributed by atoms with van der Waals surface area (Å²) in [7, 11) is -4.94. The summed E-state index contributed by atoms with van der Waals surface area (Å²) in [5.74, 6) is -5.51. The number of rotatable bonds is 5. The maximum atomic E-state index is 11.1. The predicted molar refractivity (Wildman–Crippen MR) is 88.0 cm³/mol. The number of phenols is 1. The normalized spacial score (nSPS) is 20.3. The first-order chi connectivity index (χ1) is 11.5. The lowest BCUT2D eigenvalue weighted by atomic mass is 9.84. The highest BCUT2D eigenvalue weighted by Crippen LogP contribution is 2.40. The number of nitrogens with zero attached hydrogens (tertiary/aromatic N) is 1. The van der Waals surface area contributed by atoms with E-state index in [1.54, 1.807) is 12.1 Å². The standard InChI is InChI=1S/C15H18NO8P/c17-10-3-1-2-9(6-10)4-5-15(20,21)14-12(16-25(22,23)24)7-11(18)8-13(14)19/h1-3,6-8,14,17-21H,4-5H2,(H2,22,23,24). The van der Waals surface area contributed by atoms with Gasteiger partial charge in [0.05, 0.1) is 5.71 Å². The Morgan fingerprint density at radius 3 is 2.40 bits per heavy atom. The number of hydrogen-bond acceptors (Lipinski definition) is 6. The minimum atomic E-state index is -4.94. The highest BCUT2D eigenvalue weighted by Gasteiger charge is 2.42. The van der Waals surface area contributed by atoms with Crippen molar-refractivity contribution in [2.75, 3.05) is 0 Å². The van der Waals surface area contributed by atoms with Crippen LogP contribution in [-0.4, -0.2) is 46.8 Å². The molecule has 0 spiro atoms. The Hall–Kier alpha value is -2.16. The molecule has 0 amide bonds. The van der Waals surface area contributed by atoms with Gasteiger partial charge in [0, 0.05) is 18.6 Å². The van der Waals surface area contributed by atoms with E-state index in [9.17, 15) is 30.1 Å². The van der Waals surface area contributed by atoms with E-state index >= 15 is 0 Å². The van der Waals surface area contributed by atoms with Crippen molar-refractivity contribution in [3.8, 4) is 5.75 Å². The Morgan fingerprint density at radius 2 is 1.80 bits per heavy atom. The van der Waals surface area contributed by atoms with E-state index < -0.39 is 36.7 Å². The number of hydrogen-bond donors (Lipinski definition) is 7. The molecule has 10 heteroatoms. The second-order valence-electron chi connectivity index (χ2n) is 5.66. The van der Waals surface area contributed by atoms with Crippen molar-refractivity contribution < 1.29 is 39.9 Å². The first kappa shape index (κ1) is 19.2. The van der Waals surface area contributed by atoms with Crippen molar-refractivity contribution >= 4 is 13.5 Å². The van der Waals surface area contributed by atoms with Gasteiger partial charge < -0.3 is 35.3 Å². The van der Waals surface area contributed by atoms with Crippen LogP contribution in [0.5, 0.6) is 5.75 Å². The van der Waals surface area contributed by atoms with Crippen LogP contribution < -0.4 is 0 Å². The van der Waals surface area contributed by atoms with Gasteiger partial charge >= 0.3 is 7.75 Å². The Bertz CT molecular complexity index is 792. The Labute approximate surface area is 142 Å². The summed E-state index contributed by atoms with van der Waals surface area (Å²) in [4.78, 5) is 18.0. The first-order valence-corrected chi connectivity index (χ1v) is 8.74. The molecule has 9 nitrogen and oxygen atoms in total. The van der Waals surface area contributed by atoms with E-state index in [-0.39, 0.29) is 18.6 Å². The van der Waals surface area contributed by atoms with Crippen molar-refractivity contribution in [2.24, 2.45) is 10.7 Å². The van der Waals surface area contributed by atoms with Gasteiger partial charge in [-0.1, -0.05) is 12.1 Å². The summed E-state index contributed by atoms with van der Waals surface area (Å²) in [6, 6.07) is 6.08. The lowest BCUT2D eigenvalue weighted by Crippen LogP contribution is -2.44. The number of allylic oxidation sites excluding steroid dienone is 2. The highest BCUT2D eigenvalue weighted by molar-refractivity contribution is 7.50. The zero-order chi connectivity index (χ0) is 18.8. The molecule has 0 heterocycles. The molecule has 1 aliphatic rings. The molecule has 136 valence electrons. The fourth-order valence-electron chi connectivity index (χ4n) is 2.56. The summed E-state index contributed by atoms with van der Waals surface area (Å²) in [5.41, 5.74) is 0.0189. The monoisotopic (exact) mass is 371 g/mol. The zero-order valence-electron chi connectivity index (χ0n) is 12.9. The molecule has 0 saturated carbocycles. The number of benzene rings is 1. The lowest BCUT2D eigenvalue weighted by molar-refractivity contribution is -0.185. The fourth-order valence-corrected chi connectivity index (χ4v) is 3.03. The number of aliphatic hydroxyl groups excluding tert-OH is 2. The molecule has 1 atom stereocenters. The van der Waals surface area contributed by atoms with E-state index in [1.165, 1.54) is 12.1 Å². The molecule has 2 rings (SSSR count). The summed E-state index contributed by atoms with van der Waals surface area (Å²) in [6.45, 7) is 0. The van der Waals surface area contributed by atoms with Crippen LogP contribution in [0.4, 0.5) is 0 Å². The molecule has 0 saturated heterocycles. The van der Waals surface area contributed by atoms with Crippen LogP contribution in [-0.2, 0) is 11.0 Å². The molecule has 0 fully saturated rings. The third kappa shape index (κ3) is 5.15. The molecule has 1 aromatic rings. The predicted octanol–water partition coefficient (Wildman–Crippen LogP) is 1.05. The summed E-state index contributed by atoms with van der Waals surface area (Å²) >= 11 is 0. The molecule has 1 aliphatic carbocycles. The summed E-state index contributed by atoms with van der Waals surface area (Å²) in [6.07, 6.45) is 1.41. The largest absolute Gasteiger partial charge is 0.511 e. The molecule has 1 aromatic carbocycles. The molecular formula is C15H18NO8P. The van der Waals surface area contributed by atoms with Crippen LogP contribution in [0.15, 0.2) is 52.7 Å². The molecule has 1 unspecified atom stereocenters. The Balaban J connectivity index is 2.29. The van der Waals surface area contributed by atoms with E-state index in [0.717, 1.165) is 12.2 Å². The molecule has 25 heavy (non-hydrogen) atoms. The summed E-state index contributed by atoms with van der Waals surface area (Å²) < 4.78 is 14.2. The van der Waals surface area contributed by atoms with Gasteiger partial charge in [-0.25, -0.2) is 4.57 Å². The van der Waals surface area contributed by atoms with E-state index in [0.29, 0.717) is 5.56 Å². The van der Waals surface area contributed by atoms with Crippen molar-refractivity contribution in [3.05, 3.63) is 53.5 Å². The van der Waals surface area contributed by atoms with E-state index in [1.807, 2.05) is 0 Å². The van der Waals surface area contributed by atoms with Gasteiger partial charge in [0.2, 0.25) is 0 Å². The van der Waals surface area contributed by atoms with Crippen molar-refractivity contribution in [1.82, 2.24) is 0 Å². The molecule has 0 bridgehead atoms. The molecule has 0 radical (unpaired) electrons. The van der Waals surface area contributed by atoms with Crippen LogP contribution in [0.1, 0.15) is 12.0 Å². The van der Waals surface area contributed by atoms with Gasteiger partial charge in [0.15, 0.2) is 5.79 Å². The maximum absolute atomic E-state index is 11.1. The number of aryl methyl sites for hydroxylation is 1. The van der Waals surface area contributed by atoms with Crippen LogP contribution >= 0.6 is 7.75 Å². The van der Waals surface area contributed by atoms with Crippen molar-refractivity contribution in [1.29, 1.82) is 0 Å². The first-order valence-electron chi connectivity index (χ1n) is 7.17. The SMILES string of the molecule is O=P(O)(O)N=C1C=C(O)C=C(O)C1C(O)(O)CCc1cccc(O)c1. The van der Waals surface area contributed by atoms with Gasteiger partial charge in [-0.15, -0.1) is 0 Å². The average molecular weight is 371 g/mol. The van der Waals surface area contributed by atoms with E-state index in [4.69, 9.17) is 9.79 Å². The zero-order valence-corrected chi connectivity index (χ0v) is 13.8. The lowest BCUT2D eigenvalue weighted by Gasteiger charge is -2.32. The molecule has 0 aromatic heterocycles. The minimum Gasteiger partial charge on any atom is -0.511 e. The minimum absolute atomic E-state index is 0.00371. The van der Waals surface area contributed by atoms with E-state index in [2.05, 4.69) is 4.76 Å². The number of aliphatic hydroxyl groups is 4. The smallest absolute Gasteiger partial charge is 0.448 e. The molecule has 0 aliphatic heterocycles. The third-order valence-corrected chi connectivity index (χ3v) is 4.07. The van der Waals surface area contributed by atoms with Crippen molar-refractivity contribution in [3.63, 3.8) is 0 Å². The maximum Gasteiger partial charge on any atom is 0.448 e. The molecule has 7 N–H and O–H groups in total. The van der Waals surface area contributed by atoms with Crippen molar-refractivity contribution in [2.45, 2.75) is 18.6 Å². The van der Waals surface area contributed by atoms with Crippen LogP contribution in [0.3, 0.4) is 0 Å². The highest BCUT2D eigenvalue weighted by atomic mass is 31.2. The number of aromatic hydroxyl groups is 1. The second kappa shape index (κ2) is 6.99. The van der Waals surface area contributed by atoms with Gasteiger partial charge in [-0.05, 0) is 24.1 Å². The molecular weight excluding hydrogens is 353 g/mol. The van der Waals surface area contributed by atoms with Gasteiger partial charge in [-0.3, -0.25) is 0 Å². The average Bonchev–Trinajstić information content (AvgIpc) is 2.42. The van der Waals surface area contributed by atoms with Crippen LogP contribution in [0.25, 0.3) is 0 Å². The van der Waals surface area contributed by atoms with Crippen LogP contribution in [0.2, 0.25) is 0 Å².